The Morgan fingerprint density at radius 2 is 2.18 bits per heavy atom. The van der Waals surface area contributed by atoms with Crippen LogP contribution in [0.2, 0.25) is 0 Å². The first-order valence-corrected chi connectivity index (χ1v) is 4.33. The number of hydrogen-bond donors (Lipinski definition) is 0. The fourth-order valence-electron chi connectivity index (χ4n) is 1.41. The van der Waals surface area contributed by atoms with Crippen molar-refractivity contribution in [1.82, 2.24) is 0 Å². The summed E-state index contributed by atoms with van der Waals surface area (Å²) in [6, 6.07) is 0. The van der Waals surface area contributed by atoms with Gasteiger partial charge in [-0.05, 0) is 19.3 Å². The van der Waals surface area contributed by atoms with Crippen LogP contribution in [0.25, 0.3) is 0 Å². The predicted molar refractivity (Wildman–Crippen MR) is 51.3 cm³/mol. The second kappa shape index (κ2) is 5.02. The van der Waals surface area contributed by atoms with E-state index in [9.17, 15) is 0 Å². The van der Waals surface area contributed by atoms with Crippen LogP contribution >= 0.6 is 0 Å². The lowest BCUT2D eigenvalue weighted by Crippen LogP contribution is -2.15. The largest absolute Gasteiger partial charge is 0.120 e. The molecular formula is C11H18. The van der Waals surface area contributed by atoms with Crippen LogP contribution in [0.15, 0.2) is 12.7 Å². The Morgan fingerprint density at radius 3 is 2.45 bits per heavy atom. The molecule has 0 heteroatoms. The van der Waals surface area contributed by atoms with Crippen LogP contribution in [0.5, 0.6) is 0 Å². The van der Waals surface area contributed by atoms with Gasteiger partial charge in [0.25, 0.3) is 0 Å². The van der Waals surface area contributed by atoms with Gasteiger partial charge in [0.05, 0.1) is 0 Å². The minimum absolute atomic E-state index is 0.0938. The van der Waals surface area contributed by atoms with E-state index >= 15 is 0 Å². The molecule has 0 aliphatic rings. The topological polar surface area (TPSA) is 0 Å². The summed E-state index contributed by atoms with van der Waals surface area (Å²) in [5.74, 6) is 2.90. The Hall–Kier alpha value is -0.700. The molecule has 0 aromatic rings. The molecule has 0 aromatic heterocycles. The van der Waals surface area contributed by atoms with E-state index in [0.29, 0.717) is 0 Å². The number of hydrogen-bond acceptors (Lipinski definition) is 0. The Bertz CT molecular complexity index is 150. The van der Waals surface area contributed by atoms with E-state index in [1.807, 2.05) is 6.08 Å². The lowest BCUT2D eigenvalue weighted by molar-refractivity contribution is 0.355. The molecule has 0 saturated carbocycles. The van der Waals surface area contributed by atoms with Gasteiger partial charge in [-0.25, -0.2) is 0 Å². The van der Waals surface area contributed by atoms with Crippen molar-refractivity contribution in [3.05, 3.63) is 12.7 Å². The smallest absolute Gasteiger partial charge is 0.0343 e. The maximum Gasteiger partial charge on any atom is 0.0343 e. The van der Waals surface area contributed by atoms with Crippen molar-refractivity contribution in [1.29, 1.82) is 0 Å². The summed E-state index contributed by atoms with van der Waals surface area (Å²) in [6.07, 6.45) is 11.7. The van der Waals surface area contributed by atoms with Crippen molar-refractivity contribution < 1.29 is 0 Å². The standard InChI is InChI=1S/C11H18/c1-5-9-11(7-3,8-4)10-6-2/h3,5H,1,6,8-10H2,2,4H3. The molecule has 0 rings (SSSR count). The molecule has 0 bridgehead atoms. The minimum atomic E-state index is 0.0938. The van der Waals surface area contributed by atoms with Crippen LogP contribution in [-0.4, -0.2) is 0 Å². The van der Waals surface area contributed by atoms with Gasteiger partial charge in [0.2, 0.25) is 0 Å². The second-order valence-electron chi connectivity index (χ2n) is 3.02. The van der Waals surface area contributed by atoms with E-state index in [4.69, 9.17) is 6.42 Å². The van der Waals surface area contributed by atoms with Crippen molar-refractivity contribution in [2.75, 3.05) is 0 Å². The van der Waals surface area contributed by atoms with E-state index in [-0.39, 0.29) is 5.41 Å². The van der Waals surface area contributed by atoms with Crippen molar-refractivity contribution in [3.63, 3.8) is 0 Å². The fourth-order valence-corrected chi connectivity index (χ4v) is 1.41. The van der Waals surface area contributed by atoms with Gasteiger partial charge < -0.3 is 0 Å². The summed E-state index contributed by atoms with van der Waals surface area (Å²) >= 11 is 0. The molecule has 0 aliphatic heterocycles. The second-order valence-corrected chi connectivity index (χ2v) is 3.02. The number of allylic oxidation sites excluding steroid dienone is 1. The molecule has 1 unspecified atom stereocenters. The highest BCUT2D eigenvalue weighted by atomic mass is 14.2. The molecule has 0 fully saturated rings. The van der Waals surface area contributed by atoms with E-state index in [2.05, 4.69) is 26.3 Å². The zero-order chi connectivity index (χ0) is 8.74. The predicted octanol–water partition coefficient (Wildman–Crippen LogP) is 3.39. The highest BCUT2D eigenvalue weighted by molar-refractivity contribution is 5.07. The van der Waals surface area contributed by atoms with Crippen LogP contribution in [0.1, 0.15) is 39.5 Å². The zero-order valence-corrected chi connectivity index (χ0v) is 7.69. The molecule has 62 valence electrons. The normalized spacial score (nSPS) is 15.0. The summed E-state index contributed by atoms with van der Waals surface area (Å²) in [5, 5.41) is 0. The first-order valence-electron chi connectivity index (χ1n) is 4.33. The maximum absolute atomic E-state index is 5.49. The third kappa shape index (κ3) is 2.80. The lowest BCUT2D eigenvalue weighted by Gasteiger charge is -2.24. The molecule has 0 nitrogen and oxygen atoms in total. The summed E-state index contributed by atoms with van der Waals surface area (Å²) in [6.45, 7) is 8.05. The molecule has 0 radical (unpaired) electrons. The number of terminal acetylenes is 1. The summed E-state index contributed by atoms with van der Waals surface area (Å²) in [5.41, 5.74) is 0.0938. The van der Waals surface area contributed by atoms with Crippen LogP contribution in [0, 0.1) is 17.8 Å². The monoisotopic (exact) mass is 150 g/mol. The van der Waals surface area contributed by atoms with E-state index in [1.165, 1.54) is 0 Å². The molecule has 0 N–H and O–H groups in total. The lowest BCUT2D eigenvalue weighted by atomic mass is 9.79. The molecule has 0 amide bonds. The van der Waals surface area contributed by atoms with Gasteiger partial charge in [0.15, 0.2) is 0 Å². The van der Waals surface area contributed by atoms with Crippen molar-refractivity contribution in [2.45, 2.75) is 39.5 Å². The fraction of sp³-hybridized carbons (Fsp3) is 0.636. The molecule has 0 aliphatic carbocycles. The van der Waals surface area contributed by atoms with E-state index in [0.717, 1.165) is 25.7 Å². The SMILES string of the molecule is C#CC(CC)(CC=C)CCC. The molecule has 0 aromatic carbocycles. The summed E-state index contributed by atoms with van der Waals surface area (Å²) in [7, 11) is 0. The minimum Gasteiger partial charge on any atom is -0.120 e. The average molecular weight is 150 g/mol. The molecule has 1 atom stereocenters. The van der Waals surface area contributed by atoms with Gasteiger partial charge >= 0.3 is 0 Å². The Kier molecular flexibility index (Phi) is 4.70. The van der Waals surface area contributed by atoms with Gasteiger partial charge in [-0.3, -0.25) is 0 Å². The Morgan fingerprint density at radius 1 is 1.55 bits per heavy atom. The molecule has 0 spiro atoms. The van der Waals surface area contributed by atoms with Gasteiger partial charge in [0.1, 0.15) is 0 Å². The average Bonchev–Trinajstić information content (AvgIpc) is 2.04. The van der Waals surface area contributed by atoms with E-state index in [1.54, 1.807) is 0 Å². The van der Waals surface area contributed by atoms with Gasteiger partial charge in [-0.15, -0.1) is 13.0 Å². The van der Waals surface area contributed by atoms with Gasteiger partial charge in [-0.1, -0.05) is 32.3 Å². The van der Waals surface area contributed by atoms with Crippen molar-refractivity contribution >= 4 is 0 Å². The zero-order valence-electron chi connectivity index (χ0n) is 7.69. The summed E-state index contributed by atoms with van der Waals surface area (Å²) in [4.78, 5) is 0. The number of rotatable bonds is 5. The van der Waals surface area contributed by atoms with Crippen molar-refractivity contribution in [3.8, 4) is 12.3 Å². The van der Waals surface area contributed by atoms with Crippen LogP contribution in [0.3, 0.4) is 0 Å². The molecular weight excluding hydrogens is 132 g/mol. The quantitative estimate of drug-likeness (QED) is 0.416. The molecule has 11 heavy (non-hydrogen) atoms. The Labute approximate surface area is 70.7 Å². The third-order valence-electron chi connectivity index (χ3n) is 2.25. The van der Waals surface area contributed by atoms with Crippen LogP contribution < -0.4 is 0 Å². The highest BCUT2D eigenvalue weighted by Crippen LogP contribution is 2.31. The molecule has 0 heterocycles. The first-order chi connectivity index (χ1) is 5.24. The van der Waals surface area contributed by atoms with Gasteiger partial charge in [-0.2, -0.15) is 0 Å². The molecule has 0 saturated heterocycles. The van der Waals surface area contributed by atoms with Crippen LogP contribution in [0.4, 0.5) is 0 Å². The Balaban J connectivity index is 4.22. The van der Waals surface area contributed by atoms with E-state index < -0.39 is 0 Å². The third-order valence-corrected chi connectivity index (χ3v) is 2.25. The first kappa shape index (κ1) is 10.3. The van der Waals surface area contributed by atoms with Crippen molar-refractivity contribution in [2.24, 2.45) is 5.41 Å². The highest BCUT2D eigenvalue weighted by Gasteiger charge is 2.21. The van der Waals surface area contributed by atoms with Crippen LogP contribution in [-0.2, 0) is 0 Å². The van der Waals surface area contributed by atoms with Gasteiger partial charge in [0, 0.05) is 5.41 Å². The summed E-state index contributed by atoms with van der Waals surface area (Å²) < 4.78 is 0. The maximum atomic E-state index is 5.49.